The highest BCUT2D eigenvalue weighted by molar-refractivity contribution is 5.89. The first-order valence-electron chi connectivity index (χ1n) is 8.70. The molecular formula is C18H24FN5O. The Balaban J connectivity index is 1.45. The Morgan fingerprint density at radius 2 is 1.96 bits per heavy atom. The topological polar surface area (TPSA) is 53.4 Å². The number of anilines is 1. The van der Waals surface area contributed by atoms with Crippen molar-refractivity contribution in [3.63, 3.8) is 0 Å². The van der Waals surface area contributed by atoms with Gasteiger partial charge in [0.1, 0.15) is 11.6 Å². The Hall–Kier alpha value is -2.41. The Labute approximate surface area is 147 Å². The third-order valence-electron chi connectivity index (χ3n) is 4.55. The lowest BCUT2D eigenvalue weighted by Crippen LogP contribution is -2.50. The number of amides is 2. The number of hydrogen-bond donors (Lipinski definition) is 1. The Morgan fingerprint density at radius 1 is 1.20 bits per heavy atom. The monoisotopic (exact) mass is 345 g/mol. The zero-order valence-corrected chi connectivity index (χ0v) is 14.5. The number of piperazine rings is 1. The van der Waals surface area contributed by atoms with Crippen molar-refractivity contribution in [2.24, 2.45) is 0 Å². The van der Waals surface area contributed by atoms with Crippen LogP contribution < -0.4 is 5.32 Å². The Bertz CT molecular complexity index is 709. The normalized spacial score (nSPS) is 15.4. The van der Waals surface area contributed by atoms with E-state index in [2.05, 4.69) is 26.7 Å². The van der Waals surface area contributed by atoms with Gasteiger partial charge < -0.3 is 14.8 Å². The third kappa shape index (κ3) is 4.36. The molecule has 0 atom stereocenters. The van der Waals surface area contributed by atoms with Crippen molar-refractivity contribution < 1.29 is 9.18 Å². The van der Waals surface area contributed by atoms with Gasteiger partial charge in [-0.15, -0.1) is 0 Å². The quantitative estimate of drug-likeness (QED) is 0.906. The van der Waals surface area contributed by atoms with E-state index in [1.807, 2.05) is 12.4 Å². The second kappa shape index (κ2) is 8.11. The molecule has 0 radical (unpaired) electrons. The summed E-state index contributed by atoms with van der Waals surface area (Å²) in [5.74, 6) is 0.685. The van der Waals surface area contributed by atoms with Gasteiger partial charge in [-0.2, -0.15) is 0 Å². The van der Waals surface area contributed by atoms with Gasteiger partial charge in [0, 0.05) is 58.1 Å². The van der Waals surface area contributed by atoms with E-state index in [1.165, 1.54) is 6.07 Å². The number of benzene rings is 1. The summed E-state index contributed by atoms with van der Waals surface area (Å²) in [6.07, 6.45) is 4.78. The van der Waals surface area contributed by atoms with Crippen molar-refractivity contribution in [2.45, 2.75) is 19.9 Å². The molecule has 1 aliphatic heterocycles. The minimum atomic E-state index is -0.415. The summed E-state index contributed by atoms with van der Waals surface area (Å²) in [5.41, 5.74) is 0.224. The highest BCUT2D eigenvalue weighted by atomic mass is 19.1. The molecule has 3 rings (SSSR count). The largest absolute Gasteiger partial charge is 0.334 e. The van der Waals surface area contributed by atoms with Crippen LogP contribution >= 0.6 is 0 Å². The minimum absolute atomic E-state index is 0.224. The van der Waals surface area contributed by atoms with Gasteiger partial charge in [0.2, 0.25) is 0 Å². The zero-order chi connectivity index (χ0) is 17.6. The maximum atomic E-state index is 13.6. The number of urea groups is 1. The van der Waals surface area contributed by atoms with Crippen LogP contribution in [0.15, 0.2) is 36.7 Å². The van der Waals surface area contributed by atoms with Gasteiger partial charge in [-0.1, -0.05) is 19.1 Å². The van der Waals surface area contributed by atoms with Gasteiger partial charge in [0.25, 0.3) is 0 Å². The van der Waals surface area contributed by atoms with Crippen LogP contribution in [0.4, 0.5) is 14.9 Å². The van der Waals surface area contributed by atoms with E-state index in [4.69, 9.17) is 0 Å². The predicted molar refractivity (Wildman–Crippen MR) is 95.0 cm³/mol. The number of nitrogens with one attached hydrogen (secondary N) is 1. The summed E-state index contributed by atoms with van der Waals surface area (Å²) in [7, 11) is 0. The molecule has 2 heterocycles. The lowest BCUT2D eigenvalue weighted by molar-refractivity contribution is 0.144. The van der Waals surface area contributed by atoms with Gasteiger partial charge in [0.05, 0.1) is 5.69 Å². The smallest absolute Gasteiger partial charge is 0.322 e. The Morgan fingerprint density at radius 3 is 2.68 bits per heavy atom. The van der Waals surface area contributed by atoms with Gasteiger partial charge >= 0.3 is 6.03 Å². The maximum Gasteiger partial charge on any atom is 0.322 e. The van der Waals surface area contributed by atoms with Crippen LogP contribution in [0.2, 0.25) is 0 Å². The first-order chi connectivity index (χ1) is 12.2. The summed E-state index contributed by atoms with van der Waals surface area (Å²) in [6, 6.07) is 5.98. The molecule has 2 aromatic rings. The molecule has 1 N–H and O–H groups in total. The van der Waals surface area contributed by atoms with Gasteiger partial charge in [0.15, 0.2) is 0 Å². The molecule has 6 nitrogen and oxygen atoms in total. The van der Waals surface area contributed by atoms with Gasteiger partial charge in [-0.25, -0.2) is 14.2 Å². The number of carbonyl (C=O) groups is 1. The number of aromatic nitrogens is 2. The first-order valence-corrected chi connectivity index (χ1v) is 8.70. The SMILES string of the molecule is CCc1nccn1CCN1CCN(C(=O)Nc2ccccc2F)CC1. The average molecular weight is 345 g/mol. The van der Waals surface area contributed by atoms with E-state index in [-0.39, 0.29) is 11.7 Å². The van der Waals surface area contributed by atoms with Crippen molar-refractivity contribution in [1.29, 1.82) is 0 Å². The molecule has 134 valence electrons. The Kier molecular flexibility index (Phi) is 5.65. The van der Waals surface area contributed by atoms with E-state index >= 15 is 0 Å². The molecule has 1 fully saturated rings. The van der Waals surface area contributed by atoms with Crippen LogP contribution in [0, 0.1) is 5.82 Å². The number of halogens is 1. The van der Waals surface area contributed by atoms with Gasteiger partial charge in [-0.3, -0.25) is 4.90 Å². The van der Waals surface area contributed by atoms with Crippen LogP contribution in [0.1, 0.15) is 12.7 Å². The van der Waals surface area contributed by atoms with Crippen LogP contribution in [0.3, 0.4) is 0 Å². The highest BCUT2D eigenvalue weighted by Crippen LogP contribution is 2.14. The van der Waals surface area contributed by atoms with E-state index in [9.17, 15) is 9.18 Å². The summed E-state index contributed by atoms with van der Waals surface area (Å²) in [4.78, 5) is 20.7. The summed E-state index contributed by atoms with van der Waals surface area (Å²) >= 11 is 0. The molecule has 1 aromatic carbocycles. The molecule has 25 heavy (non-hydrogen) atoms. The maximum absolute atomic E-state index is 13.6. The number of nitrogens with zero attached hydrogens (tertiary/aromatic N) is 4. The summed E-state index contributed by atoms with van der Waals surface area (Å²) in [5, 5.41) is 2.65. The number of para-hydroxylation sites is 1. The fourth-order valence-corrected chi connectivity index (χ4v) is 3.04. The molecule has 0 saturated carbocycles. The third-order valence-corrected chi connectivity index (χ3v) is 4.55. The zero-order valence-electron chi connectivity index (χ0n) is 14.5. The van der Waals surface area contributed by atoms with Crippen molar-refractivity contribution in [3.8, 4) is 0 Å². The molecule has 1 saturated heterocycles. The first kappa shape index (κ1) is 17.4. The van der Waals surface area contributed by atoms with E-state index < -0.39 is 5.82 Å². The molecule has 7 heteroatoms. The second-order valence-electron chi connectivity index (χ2n) is 6.13. The predicted octanol–water partition coefficient (Wildman–Crippen LogP) is 2.43. The van der Waals surface area contributed by atoms with Crippen LogP contribution in [0.5, 0.6) is 0 Å². The number of aryl methyl sites for hydroxylation is 1. The van der Waals surface area contributed by atoms with Crippen LogP contribution in [-0.4, -0.2) is 58.1 Å². The van der Waals surface area contributed by atoms with E-state index in [1.54, 1.807) is 23.1 Å². The van der Waals surface area contributed by atoms with E-state index in [0.29, 0.717) is 13.1 Å². The van der Waals surface area contributed by atoms with Crippen molar-refractivity contribution in [3.05, 3.63) is 48.3 Å². The van der Waals surface area contributed by atoms with Crippen LogP contribution in [0.25, 0.3) is 0 Å². The number of imidazole rings is 1. The molecule has 0 aliphatic carbocycles. The number of carbonyl (C=O) groups excluding carboxylic acids is 1. The van der Waals surface area contributed by atoms with Crippen molar-refractivity contribution in [2.75, 3.05) is 38.0 Å². The van der Waals surface area contributed by atoms with Crippen LogP contribution in [-0.2, 0) is 13.0 Å². The van der Waals surface area contributed by atoms with Gasteiger partial charge in [-0.05, 0) is 12.1 Å². The van der Waals surface area contributed by atoms with Crippen molar-refractivity contribution >= 4 is 11.7 Å². The molecule has 1 aromatic heterocycles. The fraction of sp³-hybridized carbons (Fsp3) is 0.444. The average Bonchev–Trinajstić information content (AvgIpc) is 3.10. The standard InChI is InChI=1S/C18H24FN5O/c1-2-17-20-7-8-23(17)12-9-22-10-13-24(14-11-22)18(25)21-16-6-4-3-5-15(16)19/h3-8H,2,9-14H2,1H3,(H,21,25). The fourth-order valence-electron chi connectivity index (χ4n) is 3.04. The summed E-state index contributed by atoms with van der Waals surface area (Å²) in [6.45, 7) is 6.87. The molecular weight excluding hydrogens is 321 g/mol. The molecule has 0 bridgehead atoms. The number of hydrogen-bond acceptors (Lipinski definition) is 3. The highest BCUT2D eigenvalue weighted by Gasteiger charge is 2.21. The molecule has 0 spiro atoms. The molecule has 2 amide bonds. The lowest BCUT2D eigenvalue weighted by atomic mass is 10.3. The summed E-state index contributed by atoms with van der Waals surface area (Å²) < 4.78 is 15.8. The second-order valence-corrected chi connectivity index (χ2v) is 6.13. The number of rotatable bonds is 5. The molecule has 1 aliphatic rings. The van der Waals surface area contributed by atoms with Crippen molar-refractivity contribution in [1.82, 2.24) is 19.4 Å². The van der Waals surface area contributed by atoms with E-state index in [0.717, 1.165) is 38.4 Å². The molecule has 0 unspecified atom stereocenters. The lowest BCUT2D eigenvalue weighted by Gasteiger charge is -2.34. The minimum Gasteiger partial charge on any atom is -0.334 e.